The minimum absolute atomic E-state index is 0.0836. The molecule has 0 fully saturated rings. The number of Topliss-reactive ketones (excluding diaryl/α,β-unsaturated/α-hetero) is 1. The van der Waals surface area contributed by atoms with Crippen LogP contribution in [-0.4, -0.2) is 23.0 Å². The summed E-state index contributed by atoms with van der Waals surface area (Å²) >= 11 is 0. The molecule has 1 N–H and O–H groups in total. The largest absolute Gasteiger partial charge is 0.507 e. The van der Waals surface area contributed by atoms with Gasteiger partial charge in [-0.3, -0.25) is 4.79 Å². The minimum Gasteiger partial charge on any atom is -0.507 e. The topological polar surface area (TPSA) is 72.8 Å². The SMILES string of the molecule is C[C@@H]1CCCC(=O)CCCC=Cc2cc(OCc3ccc(C(C)(C)C)cc3)cc(O)c2C(=O)O1. The second kappa shape index (κ2) is 11.4. The smallest absolute Gasteiger partial charge is 0.342 e. The van der Waals surface area contributed by atoms with E-state index in [4.69, 9.17) is 9.47 Å². The van der Waals surface area contributed by atoms with Gasteiger partial charge in [-0.25, -0.2) is 4.79 Å². The highest BCUT2D eigenvalue weighted by atomic mass is 16.5. The Morgan fingerprint density at radius 1 is 1.06 bits per heavy atom. The lowest BCUT2D eigenvalue weighted by Crippen LogP contribution is -2.17. The van der Waals surface area contributed by atoms with Crippen molar-refractivity contribution < 1.29 is 24.2 Å². The summed E-state index contributed by atoms with van der Waals surface area (Å²) in [5, 5.41) is 10.7. The third-order valence-electron chi connectivity index (χ3n) is 6.05. The molecule has 1 atom stereocenters. The fourth-order valence-corrected chi connectivity index (χ4v) is 3.97. The Hall–Kier alpha value is -3.08. The highest BCUT2D eigenvalue weighted by molar-refractivity contribution is 5.97. The molecule has 1 aliphatic heterocycles. The van der Waals surface area contributed by atoms with Gasteiger partial charge in [0.25, 0.3) is 0 Å². The van der Waals surface area contributed by atoms with E-state index >= 15 is 0 Å². The van der Waals surface area contributed by atoms with Crippen LogP contribution in [0.25, 0.3) is 6.08 Å². The lowest BCUT2D eigenvalue weighted by Gasteiger charge is -2.19. The van der Waals surface area contributed by atoms with E-state index in [1.807, 2.05) is 25.1 Å². The molecule has 2 aromatic rings. The molecule has 1 aliphatic rings. The number of ketones is 1. The van der Waals surface area contributed by atoms with Crippen LogP contribution in [0, 0.1) is 0 Å². The Balaban J connectivity index is 1.81. The second-order valence-corrected chi connectivity index (χ2v) is 10.1. The van der Waals surface area contributed by atoms with Crippen molar-refractivity contribution in [3.63, 3.8) is 0 Å². The van der Waals surface area contributed by atoms with Gasteiger partial charge in [0.15, 0.2) is 0 Å². The number of benzene rings is 2. The van der Waals surface area contributed by atoms with Crippen LogP contribution in [0.2, 0.25) is 0 Å². The number of esters is 1. The third kappa shape index (κ3) is 7.21. The maximum absolute atomic E-state index is 12.9. The van der Waals surface area contributed by atoms with Crippen molar-refractivity contribution in [1.82, 2.24) is 0 Å². The molecule has 2 aromatic carbocycles. The number of cyclic esters (lactones) is 1. The lowest BCUT2D eigenvalue weighted by molar-refractivity contribution is -0.119. The van der Waals surface area contributed by atoms with Gasteiger partial charge in [-0.05, 0) is 60.8 Å². The van der Waals surface area contributed by atoms with E-state index in [0.29, 0.717) is 50.0 Å². The van der Waals surface area contributed by atoms with E-state index in [1.165, 1.54) is 11.6 Å². The number of aromatic hydroxyl groups is 1. The molecular weight excluding hydrogens is 428 g/mol. The first kappa shape index (κ1) is 25.5. The van der Waals surface area contributed by atoms with Gasteiger partial charge >= 0.3 is 5.97 Å². The van der Waals surface area contributed by atoms with Crippen LogP contribution < -0.4 is 4.74 Å². The number of hydrogen-bond donors (Lipinski definition) is 1. The van der Waals surface area contributed by atoms with E-state index in [1.54, 1.807) is 12.1 Å². The van der Waals surface area contributed by atoms with Crippen LogP contribution in [0.1, 0.15) is 93.3 Å². The van der Waals surface area contributed by atoms with Gasteiger partial charge in [0.05, 0.1) is 6.10 Å². The molecule has 5 nitrogen and oxygen atoms in total. The zero-order chi connectivity index (χ0) is 24.7. The Morgan fingerprint density at radius 2 is 1.76 bits per heavy atom. The van der Waals surface area contributed by atoms with Crippen LogP contribution in [0.5, 0.6) is 11.5 Å². The summed E-state index contributed by atoms with van der Waals surface area (Å²) in [7, 11) is 0. The summed E-state index contributed by atoms with van der Waals surface area (Å²) in [6.45, 7) is 8.67. The number of carbonyl (C=O) groups is 2. The van der Waals surface area contributed by atoms with Crippen molar-refractivity contribution in [3.05, 3.63) is 64.7 Å². The second-order valence-electron chi connectivity index (χ2n) is 10.1. The summed E-state index contributed by atoms with van der Waals surface area (Å²) in [5.41, 5.74) is 3.03. The van der Waals surface area contributed by atoms with Gasteiger partial charge in [0.1, 0.15) is 29.5 Å². The molecule has 0 unspecified atom stereocenters. The van der Waals surface area contributed by atoms with Crippen LogP contribution in [0.3, 0.4) is 0 Å². The number of phenols is 1. The fraction of sp³-hybridized carbons (Fsp3) is 0.448. The monoisotopic (exact) mass is 464 g/mol. The molecule has 0 aliphatic carbocycles. The minimum atomic E-state index is -0.572. The van der Waals surface area contributed by atoms with Gasteiger partial charge < -0.3 is 14.6 Å². The fourth-order valence-electron chi connectivity index (χ4n) is 3.97. The lowest BCUT2D eigenvalue weighted by atomic mass is 9.87. The standard InChI is InChI=1S/C29H36O5/c1-20-9-8-12-24(30)11-7-5-6-10-22-17-25(18-26(31)27(22)28(32)34-20)33-19-21-13-15-23(16-14-21)29(2,3)4/h6,10,13-18,20,31H,5,7-9,11-12,19H2,1-4H3/t20-/m1/s1. The van der Waals surface area contributed by atoms with Gasteiger partial charge in [-0.1, -0.05) is 57.2 Å². The van der Waals surface area contributed by atoms with Crippen molar-refractivity contribution in [3.8, 4) is 11.5 Å². The Morgan fingerprint density at radius 3 is 2.47 bits per heavy atom. The maximum atomic E-state index is 12.9. The van der Waals surface area contributed by atoms with Crippen LogP contribution >= 0.6 is 0 Å². The number of phenolic OH excluding ortho intramolecular Hbond substituents is 1. The normalized spacial score (nSPS) is 18.1. The molecule has 34 heavy (non-hydrogen) atoms. The zero-order valence-corrected chi connectivity index (χ0v) is 20.7. The van der Waals surface area contributed by atoms with Gasteiger partial charge in [0, 0.05) is 18.9 Å². The van der Waals surface area contributed by atoms with Crippen molar-refractivity contribution >= 4 is 17.8 Å². The van der Waals surface area contributed by atoms with E-state index in [0.717, 1.165) is 12.0 Å². The first-order chi connectivity index (χ1) is 16.1. The molecule has 182 valence electrons. The number of allylic oxidation sites excluding steroid dienone is 1. The summed E-state index contributed by atoms with van der Waals surface area (Å²) in [6, 6.07) is 11.5. The van der Waals surface area contributed by atoms with Crippen molar-refractivity contribution in [2.75, 3.05) is 0 Å². The van der Waals surface area contributed by atoms with Crippen LogP contribution in [0.15, 0.2) is 42.5 Å². The molecule has 0 spiro atoms. The predicted molar refractivity (Wildman–Crippen MR) is 134 cm³/mol. The predicted octanol–water partition coefficient (Wildman–Crippen LogP) is 6.75. The molecule has 0 bridgehead atoms. The molecule has 0 saturated heterocycles. The van der Waals surface area contributed by atoms with Crippen LogP contribution in [-0.2, 0) is 21.6 Å². The Labute approximate surface area is 202 Å². The first-order valence-electron chi connectivity index (χ1n) is 12.1. The van der Waals surface area contributed by atoms with E-state index in [-0.39, 0.29) is 28.6 Å². The summed E-state index contributed by atoms with van der Waals surface area (Å²) in [4.78, 5) is 24.8. The summed E-state index contributed by atoms with van der Waals surface area (Å²) < 4.78 is 11.5. The molecule has 0 amide bonds. The quantitative estimate of drug-likeness (QED) is 0.509. The highest BCUT2D eigenvalue weighted by Crippen LogP contribution is 2.31. The highest BCUT2D eigenvalue weighted by Gasteiger charge is 2.21. The molecule has 5 heteroatoms. The van der Waals surface area contributed by atoms with Crippen molar-refractivity contribution in [1.29, 1.82) is 0 Å². The van der Waals surface area contributed by atoms with E-state index in [9.17, 15) is 14.7 Å². The van der Waals surface area contributed by atoms with Gasteiger partial charge in [-0.15, -0.1) is 0 Å². The molecule has 0 saturated carbocycles. The number of fused-ring (bicyclic) bond motifs is 1. The first-order valence-corrected chi connectivity index (χ1v) is 12.1. The van der Waals surface area contributed by atoms with Gasteiger partial charge in [0.2, 0.25) is 0 Å². The zero-order valence-electron chi connectivity index (χ0n) is 20.7. The third-order valence-corrected chi connectivity index (χ3v) is 6.05. The molecular formula is C29H36O5. The number of ether oxygens (including phenoxy) is 2. The van der Waals surface area contributed by atoms with Gasteiger partial charge in [-0.2, -0.15) is 0 Å². The van der Waals surface area contributed by atoms with E-state index in [2.05, 4.69) is 32.9 Å². The average molecular weight is 465 g/mol. The van der Waals surface area contributed by atoms with Crippen molar-refractivity contribution in [2.24, 2.45) is 0 Å². The Bertz CT molecular complexity index is 1030. The molecule has 0 radical (unpaired) electrons. The number of hydrogen-bond acceptors (Lipinski definition) is 5. The number of rotatable bonds is 3. The molecule has 3 rings (SSSR count). The molecule has 0 aromatic heterocycles. The van der Waals surface area contributed by atoms with Crippen molar-refractivity contribution in [2.45, 2.75) is 84.3 Å². The van der Waals surface area contributed by atoms with E-state index < -0.39 is 5.97 Å². The number of carbonyl (C=O) groups excluding carboxylic acids is 2. The summed E-state index contributed by atoms with van der Waals surface area (Å²) in [5.74, 6) is -0.0248. The Kier molecular flexibility index (Phi) is 8.54. The summed E-state index contributed by atoms with van der Waals surface area (Å²) in [6.07, 6.45) is 7.20. The van der Waals surface area contributed by atoms with Crippen LogP contribution in [0.4, 0.5) is 0 Å². The maximum Gasteiger partial charge on any atom is 0.342 e. The molecule has 1 heterocycles. The average Bonchev–Trinajstić information content (AvgIpc) is 2.76.